The second kappa shape index (κ2) is 8.19. The zero-order valence-electron chi connectivity index (χ0n) is 14.6. The zero-order chi connectivity index (χ0) is 18.4. The first kappa shape index (κ1) is 18.3. The smallest absolute Gasteiger partial charge is 0.324 e. The Labute approximate surface area is 147 Å². The number of carbonyl (C=O) groups is 2. The van der Waals surface area contributed by atoms with Crippen LogP contribution in [0.3, 0.4) is 0 Å². The highest BCUT2D eigenvalue weighted by atomic mass is 16.5. The SMILES string of the molecule is CC(NC(=O)NC(=O)c1ccccc1N)Oc1ccc(C(C)C)cc1. The van der Waals surface area contributed by atoms with E-state index in [9.17, 15) is 9.59 Å². The van der Waals surface area contributed by atoms with Gasteiger partial charge in [0.15, 0.2) is 6.23 Å². The average Bonchev–Trinajstić information content (AvgIpc) is 2.55. The van der Waals surface area contributed by atoms with Crippen molar-refractivity contribution in [1.82, 2.24) is 10.6 Å². The van der Waals surface area contributed by atoms with Gasteiger partial charge >= 0.3 is 6.03 Å². The highest BCUT2D eigenvalue weighted by molar-refractivity contribution is 6.07. The standard InChI is InChI=1S/C19H23N3O3/c1-12(2)14-8-10-15(11-9-14)25-13(3)21-19(24)22-18(23)16-6-4-5-7-17(16)20/h4-13H,20H2,1-3H3,(H2,21,22,23,24). The number of nitrogens with two attached hydrogens (primary N) is 1. The molecule has 25 heavy (non-hydrogen) atoms. The molecule has 0 bridgehead atoms. The molecule has 0 aromatic heterocycles. The first-order chi connectivity index (χ1) is 11.9. The van der Waals surface area contributed by atoms with E-state index < -0.39 is 18.2 Å². The summed E-state index contributed by atoms with van der Waals surface area (Å²) in [6, 6.07) is 13.5. The van der Waals surface area contributed by atoms with Crippen LogP contribution in [0.1, 0.15) is 42.6 Å². The number of nitrogen functional groups attached to an aromatic ring is 1. The predicted octanol–water partition coefficient (Wildman–Crippen LogP) is 3.26. The minimum Gasteiger partial charge on any atom is -0.471 e. The summed E-state index contributed by atoms with van der Waals surface area (Å²) in [6.45, 7) is 5.90. The van der Waals surface area contributed by atoms with E-state index in [-0.39, 0.29) is 5.56 Å². The lowest BCUT2D eigenvalue weighted by atomic mass is 10.0. The van der Waals surface area contributed by atoms with Gasteiger partial charge in [-0.3, -0.25) is 10.1 Å². The summed E-state index contributed by atoms with van der Waals surface area (Å²) in [5.74, 6) is 0.506. The number of ether oxygens (including phenoxy) is 1. The van der Waals surface area contributed by atoms with Gasteiger partial charge in [-0.05, 0) is 42.7 Å². The van der Waals surface area contributed by atoms with Crippen molar-refractivity contribution < 1.29 is 14.3 Å². The molecule has 132 valence electrons. The fourth-order valence-electron chi connectivity index (χ4n) is 2.26. The van der Waals surface area contributed by atoms with Crippen LogP contribution in [0.2, 0.25) is 0 Å². The van der Waals surface area contributed by atoms with Gasteiger partial charge in [0.05, 0.1) is 5.56 Å². The number of amides is 3. The fraction of sp³-hybridized carbons (Fsp3) is 0.263. The van der Waals surface area contributed by atoms with Crippen molar-refractivity contribution in [2.75, 3.05) is 5.73 Å². The molecule has 0 saturated heterocycles. The molecule has 4 N–H and O–H groups in total. The molecule has 2 rings (SSSR count). The number of carbonyl (C=O) groups excluding carboxylic acids is 2. The van der Waals surface area contributed by atoms with E-state index in [1.807, 2.05) is 24.3 Å². The number of para-hydroxylation sites is 1. The second-order valence-electron chi connectivity index (χ2n) is 6.00. The Morgan fingerprint density at radius 3 is 2.24 bits per heavy atom. The molecule has 0 radical (unpaired) electrons. The van der Waals surface area contributed by atoms with Crippen molar-refractivity contribution in [1.29, 1.82) is 0 Å². The summed E-state index contributed by atoms with van der Waals surface area (Å²) < 4.78 is 5.62. The molecule has 0 aliphatic carbocycles. The van der Waals surface area contributed by atoms with Crippen LogP contribution in [-0.2, 0) is 0 Å². The van der Waals surface area contributed by atoms with Gasteiger partial charge in [-0.15, -0.1) is 0 Å². The van der Waals surface area contributed by atoms with Gasteiger partial charge in [0.25, 0.3) is 5.91 Å². The Kier molecular flexibility index (Phi) is 6.00. The van der Waals surface area contributed by atoms with E-state index in [0.717, 1.165) is 0 Å². The lowest BCUT2D eigenvalue weighted by Gasteiger charge is -2.17. The van der Waals surface area contributed by atoms with Gasteiger partial charge in [-0.25, -0.2) is 4.79 Å². The number of benzene rings is 2. The Hall–Kier alpha value is -3.02. The number of nitrogens with one attached hydrogen (secondary N) is 2. The number of hydrogen-bond acceptors (Lipinski definition) is 4. The van der Waals surface area contributed by atoms with Crippen LogP contribution in [0.15, 0.2) is 48.5 Å². The van der Waals surface area contributed by atoms with E-state index in [0.29, 0.717) is 17.4 Å². The molecular formula is C19H23N3O3. The summed E-state index contributed by atoms with van der Waals surface area (Å²) in [7, 11) is 0. The van der Waals surface area contributed by atoms with Gasteiger partial charge < -0.3 is 15.8 Å². The highest BCUT2D eigenvalue weighted by Gasteiger charge is 2.15. The minimum absolute atomic E-state index is 0.246. The first-order valence-electron chi connectivity index (χ1n) is 8.09. The molecule has 6 nitrogen and oxygen atoms in total. The van der Waals surface area contributed by atoms with Crippen LogP contribution < -0.4 is 21.1 Å². The van der Waals surface area contributed by atoms with Gasteiger partial charge in [0.2, 0.25) is 0 Å². The van der Waals surface area contributed by atoms with Gasteiger partial charge in [-0.2, -0.15) is 0 Å². The summed E-state index contributed by atoms with van der Waals surface area (Å²) in [6.07, 6.45) is -0.606. The maximum absolute atomic E-state index is 12.0. The molecule has 1 unspecified atom stereocenters. The van der Waals surface area contributed by atoms with E-state index in [1.54, 1.807) is 31.2 Å². The summed E-state index contributed by atoms with van der Waals surface area (Å²) in [5.41, 5.74) is 7.48. The Morgan fingerprint density at radius 1 is 1.00 bits per heavy atom. The molecule has 2 aromatic rings. The monoisotopic (exact) mass is 341 g/mol. The number of anilines is 1. The third-order valence-corrected chi connectivity index (χ3v) is 3.63. The molecule has 0 fully saturated rings. The van der Waals surface area contributed by atoms with Crippen molar-refractivity contribution in [2.45, 2.75) is 32.9 Å². The third-order valence-electron chi connectivity index (χ3n) is 3.63. The van der Waals surface area contributed by atoms with Crippen molar-refractivity contribution in [2.24, 2.45) is 0 Å². The maximum atomic E-state index is 12.0. The van der Waals surface area contributed by atoms with Crippen LogP contribution in [0.4, 0.5) is 10.5 Å². The van der Waals surface area contributed by atoms with Gasteiger partial charge in [0.1, 0.15) is 5.75 Å². The van der Waals surface area contributed by atoms with Crippen LogP contribution in [0.25, 0.3) is 0 Å². The van der Waals surface area contributed by atoms with E-state index in [4.69, 9.17) is 10.5 Å². The number of rotatable bonds is 5. The number of urea groups is 1. The highest BCUT2D eigenvalue weighted by Crippen LogP contribution is 2.19. The maximum Gasteiger partial charge on any atom is 0.324 e. The topological polar surface area (TPSA) is 93.5 Å². The Morgan fingerprint density at radius 2 is 1.64 bits per heavy atom. The van der Waals surface area contributed by atoms with E-state index >= 15 is 0 Å². The number of imide groups is 1. The van der Waals surface area contributed by atoms with Gasteiger partial charge in [0, 0.05) is 5.69 Å². The molecule has 3 amide bonds. The third kappa shape index (κ3) is 5.24. The summed E-state index contributed by atoms with van der Waals surface area (Å²) in [5, 5.41) is 4.78. The largest absolute Gasteiger partial charge is 0.471 e. The lowest BCUT2D eigenvalue weighted by molar-refractivity contribution is 0.0959. The molecule has 2 aromatic carbocycles. The van der Waals surface area contributed by atoms with Crippen molar-refractivity contribution in [3.05, 3.63) is 59.7 Å². The molecule has 0 aliphatic heterocycles. The Bertz CT molecular complexity index is 742. The zero-order valence-corrected chi connectivity index (χ0v) is 14.6. The van der Waals surface area contributed by atoms with Crippen molar-refractivity contribution in [3.63, 3.8) is 0 Å². The first-order valence-corrected chi connectivity index (χ1v) is 8.09. The minimum atomic E-state index is -0.653. The molecule has 0 aliphatic rings. The van der Waals surface area contributed by atoms with Crippen LogP contribution in [-0.4, -0.2) is 18.2 Å². The molecular weight excluding hydrogens is 318 g/mol. The second-order valence-corrected chi connectivity index (χ2v) is 6.00. The average molecular weight is 341 g/mol. The van der Waals surface area contributed by atoms with Crippen LogP contribution in [0.5, 0.6) is 5.75 Å². The van der Waals surface area contributed by atoms with Crippen LogP contribution >= 0.6 is 0 Å². The summed E-state index contributed by atoms with van der Waals surface area (Å²) >= 11 is 0. The molecule has 0 spiro atoms. The predicted molar refractivity (Wildman–Crippen MR) is 97.5 cm³/mol. The lowest BCUT2D eigenvalue weighted by Crippen LogP contribution is -2.45. The van der Waals surface area contributed by atoms with E-state index in [1.165, 1.54) is 5.56 Å². The molecule has 0 heterocycles. The number of hydrogen-bond donors (Lipinski definition) is 3. The summed E-state index contributed by atoms with van der Waals surface area (Å²) in [4.78, 5) is 23.9. The molecule has 0 saturated carbocycles. The fourth-order valence-corrected chi connectivity index (χ4v) is 2.26. The van der Waals surface area contributed by atoms with Gasteiger partial charge in [-0.1, -0.05) is 38.1 Å². The van der Waals surface area contributed by atoms with Crippen molar-refractivity contribution >= 4 is 17.6 Å². The van der Waals surface area contributed by atoms with Crippen molar-refractivity contribution in [3.8, 4) is 5.75 Å². The molecule has 1 atom stereocenters. The van der Waals surface area contributed by atoms with E-state index in [2.05, 4.69) is 24.5 Å². The quantitative estimate of drug-likeness (QED) is 0.575. The van der Waals surface area contributed by atoms with Crippen LogP contribution in [0, 0.1) is 0 Å². The molecule has 6 heteroatoms. The normalized spacial score (nSPS) is 11.7. The Balaban J connectivity index is 1.87.